The summed E-state index contributed by atoms with van der Waals surface area (Å²) in [5, 5.41) is 2.37. The van der Waals surface area contributed by atoms with Crippen LogP contribution in [0.15, 0.2) is 24.3 Å². The monoisotopic (exact) mass is 243 g/mol. The number of urea groups is 1. The average Bonchev–Trinajstić information content (AvgIpc) is 2.20. The van der Waals surface area contributed by atoms with Crippen molar-refractivity contribution < 1.29 is 13.2 Å². The minimum atomic E-state index is -3.27. The molecule has 0 spiro atoms. The number of nitrogens with two attached hydrogens (primary N) is 1. The summed E-state index contributed by atoms with van der Waals surface area (Å²) < 4.78 is 24.8. The normalized spacial score (nSPS) is 10.8. The van der Waals surface area contributed by atoms with Gasteiger partial charge in [0.1, 0.15) is 0 Å². The number of primary amides is 1. The Bertz CT molecular complexity index is 467. The molecular formula is C9H13N3O3S. The second-order valence-corrected chi connectivity index (χ2v) is 5.08. The Balaban J connectivity index is 2.76. The summed E-state index contributed by atoms with van der Waals surface area (Å²) in [6, 6.07) is 5.52. The average molecular weight is 243 g/mol. The number of hydrogen-bond donors (Lipinski definition) is 3. The fraction of sp³-hybridized carbons (Fsp3) is 0.222. The lowest BCUT2D eigenvalue weighted by Crippen LogP contribution is -2.19. The highest BCUT2D eigenvalue weighted by molar-refractivity contribution is 7.92. The third-order valence-electron chi connectivity index (χ3n) is 1.81. The Morgan fingerprint density at radius 3 is 2.19 bits per heavy atom. The van der Waals surface area contributed by atoms with Gasteiger partial charge in [-0.1, -0.05) is 0 Å². The van der Waals surface area contributed by atoms with Gasteiger partial charge in [-0.15, -0.1) is 0 Å². The molecule has 1 aromatic rings. The molecule has 0 aliphatic heterocycles. The van der Waals surface area contributed by atoms with Crippen molar-refractivity contribution in [1.29, 1.82) is 0 Å². The van der Waals surface area contributed by atoms with Crippen molar-refractivity contribution in [2.45, 2.75) is 6.92 Å². The summed E-state index contributed by atoms with van der Waals surface area (Å²) in [6.07, 6.45) is 0. The Hall–Kier alpha value is -1.76. The zero-order chi connectivity index (χ0) is 12.2. The number of sulfonamides is 1. The van der Waals surface area contributed by atoms with Crippen molar-refractivity contribution in [2.75, 3.05) is 15.8 Å². The second-order valence-electron chi connectivity index (χ2n) is 3.07. The first-order valence-corrected chi connectivity index (χ1v) is 6.25. The first-order chi connectivity index (χ1) is 7.43. The number of anilines is 2. The maximum absolute atomic E-state index is 11.2. The van der Waals surface area contributed by atoms with E-state index in [4.69, 9.17) is 5.73 Å². The molecule has 0 radical (unpaired) electrons. The topological polar surface area (TPSA) is 101 Å². The largest absolute Gasteiger partial charge is 0.351 e. The summed E-state index contributed by atoms with van der Waals surface area (Å²) in [7, 11) is -3.27. The number of carbonyl (C=O) groups excluding carboxylic acids is 1. The standard InChI is InChI=1S/C9H13N3O3S/c1-2-16(14,15)12-8-5-3-7(4-6-8)11-9(10)13/h3-6,12H,2H2,1H3,(H3,10,11,13). The van der Waals surface area contributed by atoms with Gasteiger partial charge in [0.15, 0.2) is 0 Å². The van der Waals surface area contributed by atoms with Gasteiger partial charge in [0.2, 0.25) is 10.0 Å². The van der Waals surface area contributed by atoms with Gasteiger partial charge in [0.25, 0.3) is 0 Å². The molecule has 0 atom stereocenters. The zero-order valence-corrected chi connectivity index (χ0v) is 9.54. The molecule has 0 aliphatic carbocycles. The third-order valence-corrected chi connectivity index (χ3v) is 3.11. The van der Waals surface area contributed by atoms with Gasteiger partial charge in [0, 0.05) is 11.4 Å². The summed E-state index contributed by atoms with van der Waals surface area (Å²) in [5.41, 5.74) is 5.87. The van der Waals surface area contributed by atoms with E-state index in [2.05, 4.69) is 10.0 Å². The van der Waals surface area contributed by atoms with Crippen LogP contribution in [0.5, 0.6) is 0 Å². The minimum absolute atomic E-state index is 0.00822. The summed E-state index contributed by atoms with van der Waals surface area (Å²) in [5.74, 6) is 0.00822. The van der Waals surface area contributed by atoms with Crippen molar-refractivity contribution in [2.24, 2.45) is 5.73 Å². The molecule has 1 aromatic carbocycles. The van der Waals surface area contributed by atoms with Crippen LogP contribution >= 0.6 is 0 Å². The van der Waals surface area contributed by atoms with E-state index in [0.717, 1.165) is 0 Å². The van der Waals surface area contributed by atoms with Gasteiger partial charge in [-0.25, -0.2) is 13.2 Å². The highest BCUT2D eigenvalue weighted by Crippen LogP contribution is 2.14. The number of hydrogen-bond acceptors (Lipinski definition) is 3. The fourth-order valence-electron chi connectivity index (χ4n) is 1.02. The maximum atomic E-state index is 11.2. The van der Waals surface area contributed by atoms with Crippen molar-refractivity contribution in [3.8, 4) is 0 Å². The number of nitrogens with one attached hydrogen (secondary N) is 2. The van der Waals surface area contributed by atoms with Gasteiger partial charge in [0.05, 0.1) is 5.75 Å². The highest BCUT2D eigenvalue weighted by Gasteiger charge is 2.06. The summed E-state index contributed by atoms with van der Waals surface area (Å²) in [4.78, 5) is 10.5. The van der Waals surface area contributed by atoms with E-state index in [-0.39, 0.29) is 5.75 Å². The Kier molecular flexibility index (Phi) is 3.73. The molecule has 0 aliphatic rings. The van der Waals surface area contributed by atoms with Gasteiger partial charge < -0.3 is 11.1 Å². The number of carbonyl (C=O) groups is 1. The number of amides is 2. The molecule has 6 nitrogen and oxygen atoms in total. The lowest BCUT2D eigenvalue weighted by atomic mass is 10.3. The van der Waals surface area contributed by atoms with Gasteiger partial charge in [-0.2, -0.15) is 0 Å². The van der Waals surface area contributed by atoms with Gasteiger partial charge in [-0.3, -0.25) is 4.72 Å². The highest BCUT2D eigenvalue weighted by atomic mass is 32.2. The summed E-state index contributed by atoms with van der Waals surface area (Å²) >= 11 is 0. The predicted octanol–water partition coefficient (Wildman–Crippen LogP) is 0.939. The van der Waals surface area contributed by atoms with Crippen LogP contribution in [-0.2, 0) is 10.0 Å². The van der Waals surface area contributed by atoms with Crippen molar-refractivity contribution >= 4 is 27.4 Å². The molecule has 1 rings (SSSR count). The van der Waals surface area contributed by atoms with E-state index in [1.807, 2.05) is 0 Å². The van der Waals surface area contributed by atoms with Crippen LogP contribution in [0.3, 0.4) is 0 Å². The van der Waals surface area contributed by atoms with Crippen LogP contribution in [-0.4, -0.2) is 20.2 Å². The van der Waals surface area contributed by atoms with Crippen LogP contribution < -0.4 is 15.8 Å². The zero-order valence-electron chi connectivity index (χ0n) is 8.73. The Morgan fingerprint density at radius 1 is 1.25 bits per heavy atom. The van der Waals surface area contributed by atoms with Gasteiger partial charge in [-0.05, 0) is 31.2 Å². The Labute approximate surface area is 93.9 Å². The molecule has 7 heteroatoms. The lowest BCUT2D eigenvalue weighted by Gasteiger charge is -2.07. The summed E-state index contributed by atoms with van der Waals surface area (Å²) in [6.45, 7) is 1.55. The molecule has 16 heavy (non-hydrogen) atoms. The molecule has 0 heterocycles. The van der Waals surface area contributed by atoms with Crippen LogP contribution in [0.25, 0.3) is 0 Å². The first-order valence-electron chi connectivity index (χ1n) is 4.60. The van der Waals surface area contributed by atoms with Crippen LogP contribution in [0.2, 0.25) is 0 Å². The molecule has 0 fully saturated rings. The quantitative estimate of drug-likeness (QED) is 0.733. The molecule has 0 aromatic heterocycles. The van der Waals surface area contributed by atoms with E-state index < -0.39 is 16.1 Å². The van der Waals surface area contributed by atoms with Crippen molar-refractivity contribution in [3.05, 3.63) is 24.3 Å². The SMILES string of the molecule is CCS(=O)(=O)Nc1ccc(NC(N)=O)cc1. The van der Waals surface area contributed by atoms with E-state index >= 15 is 0 Å². The van der Waals surface area contributed by atoms with E-state index in [1.54, 1.807) is 31.2 Å². The van der Waals surface area contributed by atoms with Crippen LogP contribution in [0.4, 0.5) is 16.2 Å². The predicted molar refractivity (Wildman–Crippen MR) is 62.7 cm³/mol. The third kappa shape index (κ3) is 3.77. The lowest BCUT2D eigenvalue weighted by molar-refractivity contribution is 0.259. The molecule has 4 N–H and O–H groups in total. The first kappa shape index (κ1) is 12.3. The number of benzene rings is 1. The molecular weight excluding hydrogens is 230 g/mol. The van der Waals surface area contributed by atoms with Crippen molar-refractivity contribution in [1.82, 2.24) is 0 Å². The smallest absolute Gasteiger partial charge is 0.316 e. The molecule has 2 amide bonds. The van der Waals surface area contributed by atoms with Crippen LogP contribution in [0, 0.1) is 0 Å². The van der Waals surface area contributed by atoms with E-state index in [0.29, 0.717) is 11.4 Å². The number of rotatable bonds is 4. The van der Waals surface area contributed by atoms with E-state index in [1.165, 1.54) is 0 Å². The fourth-order valence-corrected chi connectivity index (χ4v) is 1.66. The minimum Gasteiger partial charge on any atom is -0.351 e. The molecule has 88 valence electrons. The van der Waals surface area contributed by atoms with Gasteiger partial charge >= 0.3 is 6.03 Å². The van der Waals surface area contributed by atoms with Crippen molar-refractivity contribution in [3.63, 3.8) is 0 Å². The molecule has 0 unspecified atom stereocenters. The molecule has 0 saturated heterocycles. The second kappa shape index (κ2) is 4.84. The Morgan fingerprint density at radius 2 is 1.75 bits per heavy atom. The maximum Gasteiger partial charge on any atom is 0.316 e. The van der Waals surface area contributed by atoms with E-state index in [9.17, 15) is 13.2 Å². The van der Waals surface area contributed by atoms with Crippen LogP contribution in [0.1, 0.15) is 6.92 Å². The molecule has 0 bridgehead atoms. The molecule has 0 saturated carbocycles.